The minimum atomic E-state index is -0.209. The lowest BCUT2D eigenvalue weighted by atomic mass is 10.3. The Morgan fingerprint density at radius 3 is 2.71 bits per heavy atom. The Balaban J connectivity index is 1.85. The summed E-state index contributed by atoms with van der Waals surface area (Å²) in [6.45, 7) is 2.18. The van der Waals surface area contributed by atoms with Gasteiger partial charge in [-0.1, -0.05) is 0 Å². The van der Waals surface area contributed by atoms with Crippen LogP contribution in [0.4, 0.5) is 0 Å². The van der Waals surface area contributed by atoms with E-state index < -0.39 is 0 Å². The zero-order chi connectivity index (χ0) is 15.2. The van der Waals surface area contributed by atoms with Crippen molar-refractivity contribution in [2.45, 2.75) is 23.6 Å². The molecule has 1 N–H and O–H groups in total. The molecule has 2 aromatic rings. The molecule has 0 spiro atoms. The van der Waals surface area contributed by atoms with E-state index in [1.165, 1.54) is 16.4 Å². The Labute approximate surface area is 127 Å². The smallest absolute Gasteiger partial charge is 0.233 e. The molecule has 1 aromatic heterocycles. The number of amides is 1. The topological polar surface area (TPSA) is 81.9 Å². The second-order valence-corrected chi connectivity index (χ2v) is 5.79. The minimum absolute atomic E-state index is 0.0566. The molecule has 1 amide bonds. The van der Waals surface area contributed by atoms with Gasteiger partial charge in [0.25, 0.3) is 0 Å². The van der Waals surface area contributed by atoms with E-state index in [1.807, 2.05) is 31.2 Å². The van der Waals surface area contributed by atoms with Gasteiger partial charge in [-0.3, -0.25) is 4.79 Å². The fourth-order valence-electron chi connectivity index (χ4n) is 1.62. The number of tetrazole rings is 1. The van der Waals surface area contributed by atoms with Gasteiger partial charge in [-0.05, 0) is 41.6 Å². The molecule has 21 heavy (non-hydrogen) atoms. The number of carbonyl (C=O) groups excluding carboxylic acids is 1. The molecule has 0 saturated heterocycles. The van der Waals surface area contributed by atoms with Crippen molar-refractivity contribution in [2.75, 3.05) is 7.11 Å². The maximum absolute atomic E-state index is 12.0. The van der Waals surface area contributed by atoms with Gasteiger partial charge in [0, 0.05) is 11.9 Å². The fourth-order valence-corrected chi connectivity index (χ4v) is 2.51. The highest BCUT2D eigenvalue weighted by Gasteiger charge is 2.15. The van der Waals surface area contributed by atoms with Crippen LogP contribution in [0, 0.1) is 0 Å². The number of carbonyl (C=O) groups is 1. The monoisotopic (exact) mass is 307 g/mol. The van der Waals surface area contributed by atoms with Crippen molar-refractivity contribution in [2.24, 2.45) is 7.05 Å². The van der Waals surface area contributed by atoms with Crippen molar-refractivity contribution in [1.29, 1.82) is 0 Å². The molecular weight excluding hydrogens is 290 g/mol. The SMILES string of the molecule is COc1ccc(SC(C)C(=O)NCc2nnnn2C)cc1. The van der Waals surface area contributed by atoms with Crippen molar-refractivity contribution < 1.29 is 9.53 Å². The van der Waals surface area contributed by atoms with E-state index in [0.717, 1.165) is 10.6 Å². The summed E-state index contributed by atoms with van der Waals surface area (Å²) in [6.07, 6.45) is 0. The van der Waals surface area contributed by atoms with Crippen molar-refractivity contribution in [3.8, 4) is 5.75 Å². The van der Waals surface area contributed by atoms with Crippen LogP contribution < -0.4 is 10.1 Å². The number of benzene rings is 1. The molecule has 0 fully saturated rings. The molecule has 1 atom stereocenters. The molecule has 1 aromatic carbocycles. The maximum Gasteiger partial charge on any atom is 0.233 e. The van der Waals surface area contributed by atoms with Gasteiger partial charge in [-0.15, -0.1) is 16.9 Å². The van der Waals surface area contributed by atoms with E-state index >= 15 is 0 Å². The fraction of sp³-hybridized carbons (Fsp3) is 0.385. The number of thioether (sulfide) groups is 1. The molecule has 0 aliphatic carbocycles. The average Bonchev–Trinajstić information content (AvgIpc) is 2.90. The standard InChI is InChI=1S/C13H17N5O2S/c1-9(21-11-6-4-10(20-3)5-7-11)13(19)14-8-12-15-16-17-18(12)2/h4-7,9H,8H2,1-3H3,(H,14,19). The van der Waals surface area contributed by atoms with Gasteiger partial charge >= 0.3 is 0 Å². The van der Waals surface area contributed by atoms with Gasteiger partial charge in [0.15, 0.2) is 5.82 Å². The van der Waals surface area contributed by atoms with Crippen LogP contribution in [0.25, 0.3) is 0 Å². The van der Waals surface area contributed by atoms with Crippen LogP contribution in [0.3, 0.4) is 0 Å². The number of hydrogen-bond donors (Lipinski definition) is 1. The number of ether oxygens (including phenoxy) is 1. The van der Waals surface area contributed by atoms with Crippen molar-refractivity contribution in [1.82, 2.24) is 25.5 Å². The predicted molar refractivity (Wildman–Crippen MR) is 79.0 cm³/mol. The summed E-state index contributed by atoms with van der Waals surface area (Å²) >= 11 is 1.49. The normalized spacial score (nSPS) is 12.0. The summed E-state index contributed by atoms with van der Waals surface area (Å²) in [5.74, 6) is 1.36. The molecule has 2 rings (SSSR count). The molecule has 0 aliphatic rings. The highest BCUT2D eigenvalue weighted by Crippen LogP contribution is 2.25. The Kier molecular flexibility index (Phi) is 5.15. The van der Waals surface area contributed by atoms with E-state index in [0.29, 0.717) is 12.4 Å². The lowest BCUT2D eigenvalue weighted by Crippen LogP contribution is -2.31. The molecule has 1 unspecified atom stereocenters. The van der Waals surface area contributed by atoms with Gasteiger partial charge in [0.05, 0.1) is 18.9 Å². The highest BCUT2D eigenvalue weighted by atomic mass is 32.2. The third kappa shape index (κ3) is 4.19. The molecule has 8 heteroatoms. The number of aryl methyl sites for hydroxylation is 1. The highest BCUT2D eigenvalue weighted by molar-refractivity contribution is 8.00. The van der Waals surface area contributed by atoms with E-state index in [1.54, 1.807) is 14.2 Å². The third-order valence-electron chi connectivity index (χ3n) is 2.87. The van der Waals surface area contributed by atoms with Crippen LogP contribution in [0.15, 0.2) is 29.2 Å². The van der Waals surface area contributed by atoms with Crippen LogP contribution in [0.1, 0.15) is 12.7 Å². The Hall–Kier alpha value is -2.09. The van der Waals surface area contributed by atoms with Crippen LogP contribution in [-0.2, 0) is 18.4 Å². The molecule has 7 nitrogen and oxygen atoms in total. The first-order chi connectivity index (χ1) is 10.1. The predicted octanol–water partition coefficient (Wildman–Crippen LogP) is 1.02. The first-order valence-corrected chi connectivity index (χ1v) is 7.27. The van der Waals surface area contributed by atoms with Crippen molar-refractivity contribution in [3.63, 3.8) is 0 Å². The second-order valence-electron chi connectivity index (χ2n) is 4.37. The van der Waals surface area contributed by atoms with E-state index in [2.05, 4.69) is 20.8 Å². The van der Waals surface area contributed by atoms with E-state index in [-0.39, 0.29) is 11.2 Å². The molecule has 112 valence electrons. The van der Waals surface area contributed by atoms with E-state index in [4.69, 9.17) is 4.74 Å². The molecule has 0 radical (unpaired) electrons. The quantitative estimate of drug-likeness (QED) is 0.802. The number of nitrogens with one attached hydrogen (secondary N) is 1. The molecule has 0 aliphatic heterocycles. The Bertz CT molecular complexity index is 599. The molecule has 1 heterocycles. The van der Waals surface area contributed by atoms with Gasteiger partial charge in [-0.25, -0.2) is 4.68 Å². The van der Waals surface area contributed by atoms with Crippen LogP contribution in [0.5, 0.6) is 5.75 Å². The minimum Gasteiger partial charge on any atom is -0.497 e. The summed E-state index contributed by atoms with van der Waals surface area (Å²) in [7, 11) is 3.36. The summed E-state index contributed by atoms with van der Waals surface area (Å²) in [5, 5.41) is 13.7. The zero-order valence-electron chi connectivity index (χ0n) is 12.1. The van der Waals surface area contributed by atoms with Crippen LogP contribution in [0.2, 0.25) is 0 Å². The van der Waals surface area contributed by atoms with E-state index in [9.17, 15) is 4.79 Å². The summed E-state index contributed by atoms with van der Waals surface area (Å²) in [6, 6.07) is 7.61. The summed E-state index contributed by atoms with van der Waals surface area (Å²) < 4.78 is 6.63. The molecular formula is C13H17N5O2S. The summed E-state index contributed by atoms with van der Waals surface area (Å²) in [5.41, 5.74) is 0. The van der Waals surface area contributed by atoms with Gasteiger partial charge in [0.1, 0.15) is 5.75 Å². The molecule has 0 saturated carbocycles. The number of aromatic nitrogens is 4. The number of hydrogen-bond acceptors (Lipinski definition) is 6. The third-order valence-corrected chi connectivity index (χ3v) is 3.98. The molecule has 0 bridgehead atoms. The first-order valence-electron chi connectivity index (χ1n) is 6.40. The average molecular weight is 307 g/mol. The zero-order valence-corrected chi connectivity index (χ0v) is 12.9. The van der Waals surface area contributed by atoms with Gasteiger partial charge in [-0.2, -0.15) is 0 Å². The maximum atomic E-state index is 12.0. The van der Waals surface area contributed by atoms with Crippen LogP contribution in [-0.4, -0.2) is 38.5 Å². The van der Waals surface area contributed by atoms with Gasteiger partial charge in [0.2, 0.25) is 5.91 Å². The Morgan fingerprint density at radius 2 is 2.14 bits per heavy atom. The largest absolute Gasteiger partial charge is 0.497 e. The number of nitrogens with zero attached hydrogens (tertiary/aromatic N) is 4. The lowest BCUT2D eigenvalue weighted by molar-refractivity contribution is -0.120. The van der Waals surface area contributed by atoms with Crippen molar-refractivity contribution in [3.05, 3.63) is 30.1 Å². The van der Waals surface area contributed by atoms with Crippen LogP contribution >= 0.6 is 11.8 Å². The summed E-state index contributed by atoms with van der Waals surface area (Å²) in [4.78, 5) is 13.1. The second kappa shape index (κ2) is 7.07. The van der Waals surface area contributed by atoms with Crippen molar-refractivity contribution >= 4 is 17.7 Å². The van der Waals surface area contributed by atoms with Gasteiger partial charge < -0.3 is 10.1 Å². The number of rotatable bonds is 6. The number of methoxy groups -OCH3 is 1. The first kappa shape index (κ1) is 15.3. The Morgan fingerprint density at radius 1 is 1.43 bits per heavy atom. The lowest BCUT2D eigenvalue weighted by Gasteiger charge is -2.11.